The highest BCUT2D eigenvalue weighted by Gasteiger charge is 2.39. The molecule has 7 heteroatoms. The number of hydrogen-bond acceptors (Lipinski definition) is 3. The van der Waals surface area contributed by atoms with E-state index in [0.29, 0.717) is 23.5 Å². The highest BCUT2D eigenvalue weighted by molar-refractivity contribution is 7.93. The van der Waals surface area contributed by atoms with Crippen molar-refractivity contribution in [2.75, 3.05) is 4.31 Å². The molecule has 2 aromatic carbocycles. The van der Waals surface area contributed by atoms with Gasteiger partial charge in [-0.25, -0.2) is 17.5 Å². The summed E-state index contributed by atoms with van der Waals surface area (Å²) < 4.78 is 43.4. The van der Waals surface area contributed by atoms with Gasteiger partial charge in [-0.2, -0.15) is 5.10 Å². The van der Waals surface area contributed by atoms with Gasteiger partial charge in [0, 0.05) is 6.04 Å². The zero-order chi connectivity index (χ0) is 19.3. The van der Waals surface area contributed by atoms with E-state index in [2.05, 4.69) is 5.10 Å². The molecule has 0 amide bonds. The number of benzene rings is 2. The molecule has 27 heavy (non-hydrogen) atoms. The van der Waals surface area contributed by atoms with E-state index in [1.54, 1.807) is 30.7 Å². The van der Waals surface area contributed by atoms with Crippen LogP contribution < -0.4 is 4.31 Å². The first-order valence-electron chi connectivity index (χ1n) is 8.75. The Kier molecular flexibility index (Phi) is 4.07. The normalized spacial score (nSPS) is 16.6. The summed E-state index contributed by atoms with van der Waals surface area (Å²) in [6.45, 7) is 5.32. The van der Waals surface area contributed by atoms with Crippen molar-refractivity contribution in [1.29, 1.82) is 0 Å². The van der Waals surface area contributed by atoms with Crippen LogP contribution in [0.4, 0.5) is 10.1 Å². The van der Waals surface area contributed by atoms with E-state index < -0.39 is 10.0 Å². The van der Waals surface area contributed by atoms with E-state index in [1.807, 2.05) is 31.2 Å². The molecule has 0 N–H and O–H groups in total. The highest BCUT2D eigenvalue weighted by Crippen LogP contribution is 2.38. The van der Waals surface area contributed by atoms with Crippen LogP contribution >= 0.6 is 0 Å². The number of anilines is 1. The van der Waals surface area contributed by atoms with Crippen LogP contribution in [0.5, 0.6) is 0 Å². The maximum atomic E-state index is 13.6. The molecule has 0 unspecified atom stereocenters. The smallest absolute Gasteiger partial charge is 0.263 e. The Morgan fingerprint density at radius 1 is 1.07 bits per heavy atom. The summed E-state index contributed by atoms with van der Waals surface area (Å²) in [4.78, 5) is 0.204. The van der Waals surface area contributed by atoms with Gasteiger partial charge in [-0.1, -0.05) is 18.2 Å². The Morgan fingerprint density at radius 3 is 2.44 bits per heavy atom. The summed E-state index contributed by atoms with van der Waals surface area (Å²) in [5.74, 6) is -0.351. The van der Waals surface area contributed by atoms with Gasteiger partial charge in [-0.15, -0.1) is 0 Å². The van der Waals surface area contributed by atoms with Crippen molar-refractivity contribution in [2.45, 2.75) is 38.1 Å². The number of rotatable bonds is 3. The first-order valence-corrected chi connectivity index (χ1v) is 10.2. The average molecular weight is 385 g/mol. The minimum atomic E-state index is -3.78. The first-order chi connectivity index (χ1) is 12.8. The first kappa shape index (κ1) is 17.7. The Hall–Kier alpha value is -2.67. The number of para-hydroxylation sites is 1. The maximum absolute atomic E-state index is 13.6. The van der Waals surface area contributed by atoms with Crippen molar-refractivity contribution in [3.05, 3.63) is 71.3 Å². The number of nitrogens with zero attached hydrogens (tertiary/aromatic N) is 3. The van der Waals surface area contributed by atoms with Gasteiger partial charge in [0.1, 0.15) is 10.7 Å². The fourth-order valence-electron chi connectivity index (χ4n) is 3.84. The Bertz CT molecular complexity index is 1120. The van der Waals surface area contributed by atoms with Crippen LogP contribution in [0.15, 0.2) is 53.4 Å². The molecule has 0 spiro atoms. The van der Waals surface area contributed by atoms with Crippen molar-refractivity contribution < 1.29 is 12.8 Å². The molecule has 0 fully saturated rings. The molecular weight excluding hydrogens is 365 g/mol. The Labute approximate surface area is 158 Å². The molecule has 0 aliphatic carbocycles. The van der Waals surface area contributed by atoms with Crippen LogP contribution in [0, 0.1) is 19.7 Å². The predicted molar refractivity (Wildman–Crippen MR) is 102 cm³/mol. The van der Waals surface area contributed by atoms with E-state index in [-0.39, 0.29) is 16.8 Å². The Balaban J connectivity index is 1.85. The lowest BCUT2D eigenvalue weighted by Crippen LogP contribution is -2.36. The molecule has 0 radical (unpaired) electrons. The van der Waals surface area contributed by atoms with Crippen LogP contribution in [-0.2, 0) is 16.4 Å². The molecule has 5 nitrogen and oxygen atoms in total. The third-order valence-electron chi connectivity index (χ3n) is 4.96. The molecule has 0 saturated carbocycles. The summed E-state index contributed by atoms with van der Waals surface area (Å²) in [5.41, 5.74) is 3.30. The molecule has 2 heterocycles. The van der Waals surface area contributed by atoms with Crippen molar-refractivity contribution in [3.8, 4) is 5.69 Å². The van der Waals surface area contributed by atoms with Crippen LogP contribution in [0.25, 0.3) is 5.69 Å². The minimum absolute atomic E-state index is 0.166. The van der Waals surface area contributed by atoms with Gasteiger partial charge in [0.25, 0.3) is 10.0 Å². The molecule has 140 valence electrons. The highest BCUT2D eigenvalue weighted by atomic mass is 32.2. The number of halogens is 1. The van der Waals surface area contributed by atoms with E-state index in [0.717, 1.165) is 11.3 Å². The molecule has 1 aliphatic rings. The topological polar surface area (TPSA) is 55.2 Å². The summed E-state index contributed by atoms with van der Waals surface area (Å²) in [6, 6.07) is 13.2. The fraction of sp³-hybridized carbons (Fsp3) is 0.250. The van der Waals surface area contributed by atoms with Gasteiger partial charge in [-0.05, 0) is 63.1 Å². The lowest BCUT2D eigenvalue weighted by Gasteiger charge is -2.24. The SMILES string of the molecule is Cc1nn(-c2ccc(F)cc2)c(C)c1S(=O)(=O)N1c2ccccc2C[C@@H]1C. The largest absolute Gasteiger partial charge is 0.268 e. The van der Waals surface area contributed by atoms with Gasteiger partial charge in [-0.3, -0.25) is 4.31 Å². The molecule has 0 saturated heterocycles. The van der Waals surface area contributed by atoms with E-state index in [1.165, 1.54) is 16.4 Å². The van der Waals surface area contributed by atoms with Crippen molar-refractivity contribution in [1.82, 2.24) is 9.78 Å². The monoisotopic (exact) mass is 385 g/mol. The number of aryl methyl sites for hydroxylation is 1. The summed E-state index contributed by atoms with van der Waals surface area (Å²) in [6.07, 6.45) is 0.680. The third kappa shape index (κ3) is 2.73. The maximum Gasteiger partial charge on any atom is 0.268 e. The van der Waals surface area contributed by atoms with Gasteiger partial charge >= 0.3 is 0 Å². The molecule has 1 atom stereocenters. The lowest BCUT2D eigenvalue weighted by atomic mass is 10.1. The van der Waals surface area contributed by atoms with Gasteiger partial charge < -0.3 is 0 Å². The van der Waals surface area contributed by atoms with Gasteiger partial charge in [0.2, 0.25) is 0 Å². The van der Waals surface area contributed by atoms with Crippen molar-refractivity contribution >= 4 is 15.7 Å². The number of aromatic nitrogens is 2. The number of hydrogen-bond donors (Lipinski definition) is 0. The van der Waals surface area contributed by atoms with Crippen molar-refractivity contribution in [3.63, 3.8) is 0 Å². The quantitative estimate of drug-likeness (QED) is 0.690. The van der Waals surface area contributed by atoms with Crippen LogP contribution in [0.2, 0.25) is 0 Å². The molecule has 0 bridgehead atoms. The van der Waals surface area contributed by atoms with Crippen molar-refractivity contribution in [2.24, 2.45) is 0 Å². The molecule has 3 aromatic rings. The summed E-state index contributed by atoms with van der Waals surface area (Å²) in [7, 11) is -3.78. The molecule has 1 aliphatic heterocycles. The van der Waals surface area contributed by atoms with Gasteiger partial charge in [0.05, 0.1) is 22.8 Å². The zero-order valence-electron chi connectivity index (χ0n) is 15.3. The number of sulfonamides is 1. The molecular formula is C20H20FN3O2S. The third-order valence-corrected chi connectivity index (χ3v) is 7.14. The summed E-state index contributed by atoms with van der Waals surface area (Å²) in [5, 5.41) is 4.42. The van der Waals surface area contributed by atoms with E-state index >= 15 is 0 Å². The van der Waals surface area contributed by atoms with Crippen LogP contribution in [0.3, 0.4) is 0 Å². The second-order valence-electron chi connectivity index (χ2n) is 6.87. The second-order valence-corrected chi connectivity index (χ2v) is 8.62. The van der Waals surface area contributed by atoms with E-state index in [4.69, 9.17) is 0 Å². The second kappa shape index (κ2) is 6.20. The molecule has 4 rings (SSSR count). The predicted octanol–water partition coefficient (Wildman–Crippen LogP) is 3.77. The van der Waals surface area contributed by atoms with Crippen LogP contribution in [0.1, 0.15) is 23.9 Å². The standard InChI is InChI=1S/C20H20FN3O2S/c1-13-12-16-6-4-5-7-19(16)24(13)27(25,26)20-14(2)22-23(15(20)3)18-10-8-17(21)9-11-18/h4-11,13H,12H2,1-3H3/t13-/m0/s1. The average Bonchev–Trinajstić information content (AvgIpc) is 3.11. The zero-order valence-corrected chi connectivity index (χ0v) is 16.2. The number of fused-ring (bicyclic) bond motifs is 1. The fourth-order valence-corrected chi connectivity index (χ4v) is 5.89. The Morgan fingerprint density at radius 2 is 1.74 bits per heavy atom. The van der Waals surface area contributed by atoms with Gasteiger partial charge in [0.15, 0.2) is 0 Å². The summed E-state index contributed by atoms with van der Waals surface area (Å²) >= 11 is 0. The minimum Gasteiger partial charge on any atom is -0.263 e. The van der Waals surface area contributed by atoms with Crippen LogP contribution in [-0.4, -0.2) is 24.2 Å². The lowest BCUT2D eigenvalue weighted by molar-refractivity contribution is 0.583. The van der Waals surface area contributed by atoms with E-state index in [9.17, 15) is 12.8 Å². The molecule has 1 aromatic heterocycles.